The molecule has 0 spiro atoms. The Bertz CT molecular complexity index is 479. The highest BCUT2D eigenvalue weighted by atomic mass is 16.5. The second-order valence-electron chi connectivity index (χ2n) is 8.56. The summed E-state index contributed by atoms with van der Waals surface area (Å²) in [5.74, 6) is 0.577. The highest BCUT2D eigenvalue weighted by Crippen LogP contribution is 2.64. The van der Waals surface area contributed by atoms with Crippen molar-refractivity contribution >= 4 is 18.2 Å². The minimum atomic E-state index is -0.590. The average molecular weight is 395 g/mol. The van der Waals surface area contributed by atoms with Gasteiger partial charge in [0.05, 0.1) is 24.0 Å². The highest BCUT2D eigenvalue weighted by molar-refractivity contribution is 5.90. The minimum absolute atomic E-state index is 0.191. The van der Waals surface area contributed by atoms with E-state index >= 15 is 0 Å². The Morgan fingerprint density at radius 2 is 1.32 bits per heavy atom. The molecule has 3 rings (SSSR count). The fourth-order valence-electron chi connectivity index (χ4n) is 5.14. The Morgan fingerprint density at radius 1 is 0.857 bits per heavy atom. The first-order valence-electron chi connectivity index (χ1n) is 11.3. The van der Waals surface area contributed by atoms with Gasteiger partial charge in [0.15, 0.2) is 0 Å². The fraction of sp³-hybridized carbons (Fsp3) is 0.870. The first kappa shape index (κ1) is 22.9. The van der Waals surface area contributed by atoms with Gasteiger partial charge >= 0.3 is 11.9 Å². The Morgan fingerprint density at radius 3 is 1.64 bits per heavy atom. The summed E-state index contributed by atoms with van der Waals surface area (Å²) in [4.78, 5) is 34.5. The number of unbranched alkanes of at least 4 members (excludes halogenated alkanes) is 1. The summed E-state index contributed by atoms with van der Waals surface area (Å²) < 4.78 is 10.4. The maximum absolute atomic E-state index is 12.3. The molecule has 0 saturated heterocycles. The number of hydrogen-bond donors (Lipinski definition) is 0. The molecular formula is C23H38O5. The van der Waals surface area contributed by atoms with Crippen molar-refractivity contribution in [2.24, 2.45) is 16.7 Å². The van der Waals surface area contributed by atoms with Crippen molar-refractivity contribution in [3.05, 3.63) is 0 Å². The summed E-state index contributed by atoms with van der Waals surface area (Å²) >= 11 is 0. The maximum Gasteiger partial charge on any atom is 0.313 e. The van der Waals surface area contributed by atoms with Crippen molar-refractivity contribution in [2.75, 3.05) is 13.2 Å². The lowest BCUT2D eigenvalue weighted by Crippen LogP contribution is -2.60. The third-order valence-electron chi connectivity index (χ3n) is 7.07. The molecule has 3 aliphatic carbocycles. The van der Waals surface area contributed by atoms with Gasteiger partial charge in [0.25, 0.3) is 0 Å². The van der Waals surface area contributed by atoms with E-state index in [-0.39, 0.29) is 11.9 Å². The second-order valence-corrected chi connectivity index (χ2v) is 8.56. The molecule has 0 bridgehead atoms. The molecule has 3 aliphatic rings. The predicted octanol–water partition coefficient (Wildman–Crippen LogP) is 5.00. The second kappa shape index (κ2) is 11.0. The third-order valence-corrected chi connectivity index (χ3v) is 7.07. The van der Waals surface area contributed by atoms with E-state index in [1.807, 2.05) is 13.8 Å². The number of carbonyl (C=O) groups excluding carboxylic acids is 3. The molecule has 0 aromatic heterocycles. The van der Waals surface area contributed by atoms with Gasteiger partial charge in [0, 0.05) is 6.42 Å². The SMILES string of the molecule is CCOC(=O)C1(C2(C(=O)OCC)CCC2)CCC1.O=CCCCC1CCCC1. The van der Waals surface area contributed by atoms with Crippen LogP contribution in [0.2, 0.25) is 0 Å². The van der Waals surface area contributed by atoms with Gasteiger partial charge in [-0.1, -0.05) is 44.9 Å². The predicted molar refractivity (Wildman–Crippen MR) is 108 cm³/mol. The molecule has 0 N–H and O–H groups in total. The quantitative estimate of drug-likeness (QED) is 0.313. The minimum Gasteiger partial charge on any atom is -0.466 e. The smallest absolute Gasteiger partial charge is 0.313 e. The molecule has 0 radical (unpaired) electrons. The Labute approximate surface area is 169 Å². The standard InChI is InChI=1S/C14H22O4.C9H16O/c1-3-17-11(15)13(7-5-8-13)14(9-6-10-14)12(16)18-4-2;10-8-4-3-7-9-5-1-2-6-9/h3-10H2,1-2H3;8-9H,1-7H2. The van der Waals surface area contributed by atoms with E-state index in [4.69, 9.17) is 9.47 Å². The zero-order valence-electron chi connectivity index (χ0n) is 17.8. The largest absolute Gasteiger partial charge is 0.466 e. The number of carbonyl (C=O) groups is 3. The van der Waals surface area contributed by atoms with Gasteiger partial charge < -0.3 is 14.3 Å². The lowest BCUT2D eigenvalue weighted by atomic mass is 9.45. The van der Waals surface area contributed by atoms with Crippen LogP contribution >= 0.6 is 0 Å². The molecule has 3 saturated carbocycles. The molecule has 0 heterocycles. The molecule has 0 atom stereocenters. The Balaban J connectivity index is 0.000000237. The van der Waals surface area contributed by atoms with E-state index < -0.39 is 10.8 Å². The van der Waals surface area contributed by atoms with E-state index in [9.17, 15) is 14.4 Å². The van der Waals surface area contributed by atoms with Crippen LogP contribution in [0.3, 0.4) is 0 Å². The van der Waals surface area contributed by atoms with E-state index in [0.29, 0.717) is 13.2 Å². The maximum atomic E-state index is 12.3. The van der Waals surface area contributed by atoms with E-state index in [0.717, 1.165) is 63.6 Å². The van der Waals surface area contributed by atoms with Crippen LogP contribution in [0.4, 0.5) is 0 Å². The number of ether oxygens (including phenoxy) is 2. The van der Waals surface area contributed by atoms with Gasteiger partial charge in [-0.15, -0.1) is 0 Å². The van der Waals surface area contributed by atoms with Gasteiger partial charge in [-0.05, 0) is 51.9 Å². The molecule has 0 aliphatic heterocycles. The Hall–Kier alpha value is -1.39. The van der Waals surface area contributed by atoms with Crippen molar-refractivity contribution in [3.63, 3.8) is 0 Å². The van der Waals surface area contributed by atoms with Crippen molar-refractivity contribution in [3.8, 4) is 0 Å². The average Bonchev–Trinajstić information content (AvgIpc) is 3.11. The van der Waals surface area contributed by atoms with Gasteiger partial charge in [-0.25, -0.2) is 0 Å². The summed E-state index contributed by atoms with van der Waals surface area (Å²) in [6, 6.07) is 0. The number of esters is 2. The number of rotatable bonds is 9. The Kier molecular flexibility index (Phi) is 8.97. The van der Waals surface area contributed by atoms with Crippen molar-refractivity contribution in [2.45, 2.75) is 97.3 Å². The normalized spacial score (nSPS) is 22.1. The van der Waals surface area contributed by atoms with Crippen LogP contribution in [-0.2, 0) is 23.9 Å². The van der Waals surface area contributed by atoms with Crippen molar-refractivity contribution < 1.29 is 23.9 Å². The molecule has 160 valence electrons. The van der Waals surface area contributed by atoms with Crippen LogP contribution in [0, 0.1) is 16.7 Å². The molecule has 28 heavy (non-hydrogen) atoms. The van der Waals surface area contributed by atoms with E-state index in [1.54, 1.807) is 0 Å². The highest BCUT2D eigenvalue weighted by Gasteiger charge is 2.67. The summed E-state index contributed by atoms with van der Waals surface area (Å²) in [7, 11) is 0. The van der Waals surface area contributed by atoms with Gasteiger partial charge in [0.2, 0.25) is 0 Å². The van der Waals surface area contributed by atoms with Crippen molar-refractivity contribution in [1.82, 2.24) is 0 Å². The van der Waals surface area contributed by atoms with Crippen LogP contribution in [0.1, 0.15) is 97.3 Å². The number of aldehydes is 1. The molecule has 0 aromatic rings. The van der Waals surface area contributed by atoms with E-state index in [1.165, 1.54) is 32.1 Å². The first-order valence-corrected chi connectivity index (χ1v) is 11.3. The van der Waals surface area contributed by atoms with Crippen LogP contribution in [0.25, 0.3) is 0 Å². The lowest BCUT2D eigenvalue weighted by Gasteiger charge is -2.56. The first-order chi connectivity index (χ1) is 13.6. The topological polar surface area (TPSA) is 69.7 Å². The zero-order chi connectivity index (χ0) is 20.5. The summed E-state index contributed by atoms with van der Waals surface area (Å²) in [6.45, 7) is 4.36. The van der Waals surface area contributed by atoms with E-state index in [2.05, 4.69) is 0 Å². The van der Waals surface area contributed by atoms with Gasteiger partial charge in [0.1, 0.15) is 6.29 Å². The molecule has 0 aromatic carbocycles. The molecule has 5 nitrogen and oxygen atoms in total. The molecule has 5 heteroatoms. The lowest BCUT2D eigenvalue weighted by molar-refractivity contribution is -0.202. The molecule has 3 fully saturated rings. The van der Waals surface area contributed by atoms with Crippen LogP contribution < -0.4 is 0 Å². The molecule has 0 unspecified atom stereocenters. The zero-order valence-corrected chi connectivity index (χ0v) is 17.8. The third kappa shape index (κ3) is 4.77. The van der Waals surface area contributed by atoms with Crippen molar-refractivity contribution in [1.29, 1.82) is 0 Å². The monoisotopic (exact) mass is 394 g/mol. The van der Waals surface area contributed by atoms with Gasteiger partial charge in [-0.3, -0.25) is 9.59 Å². The summed E-state index contributed by atoms with van der Waals surface area (Å²) in [6.07, 6.45) is 15.0. The molecule has 0 amide bonds. The molecular weight excluding hydrogens is 356 g/mol. The van der Waals surface area contributed by atoms with Gasteiger partial charge in [-0.2, -0.15) is 0 Å². The van der Waals surface area contributed by atoms with Crippen LogP contribution in [-0.4, -0.2) is 31.4 Å². The van der Waals surface area contributed by atoms with Crippen LogP contribution in [0.15, 0.2) is 0 Å². The van der Waals surface area contributed by atoms with Crippen LogP contribution in [0.5, 0.6) is 0 Å². The summed E-state index contributed by atoms with van der Waals surface area (Å²) in [5, 5.41) is 0. The number of hydrogen-bond acceptors (Lipinski definition) is 5. The summed E-state index contributed by atoms with van der Waals surface area (Å²) in [5.41, 5.74) is -1.18. The fourth-order valence-corrected chi connectivity index (χ4v) is 5.14.